The summed E-state index contributed by atoms with van der Waals surface area (Å²) >= 11 is 0. The van der Waals surface area contributed by atoms with Crippen molar-refractivity contribution in [2.75, 3.05) is 7.11 Å². The van der Waals surface area contributed by atoms with Crippen LogP contribution in [0, 0.1) is 6.92 Å². The lowest BCUT2D eigenvalue weighted by Gasteiger charge is -2.09. The van der Waals surface area contributed by atoms with E-state index < -0.39 is 5.97 Å². The van der Waals surface area contributed by atoms with Crippen LogP contribution in [-0.4, -0.2) is 28.0 Å². The summed E-state index contributed by atoms with van der Waals surface area (Å²) in [4.78, 5) is 10.9. The first kappa shape index (κ1) is 12.2. The summed E-state index contributed by atoms with van der Waals surface area (Å²) < 4.78 is 6.91. The van der Waals surface area contributed by atoms with Crippen molar-refractivity contribution in [3.8, 4) is 5.75 Å². The van der Waals surface area contributed by atoms with E-state index in [9.17, 15) is 4.79 Å². The minimum Gasteiger partial charge on any atom is -0.496 e. The number of para-hydroxylation sites is 1. The number of aromatic carboxylic acids is 1. The van der Waals surface area contributed by atoms with Gasteiger partial charge in [-0.1, -0.05) is 18.2 Å². The molecule has 5 heteroatoms. The van der Waals surface area contributed by atoms with Gasteiger partial charge in [-0.3, -0.25) is 4.68 Å². The molecular formula is C13H14N2O3. The largest absolute Gasteiger partial charge is 0.496 e. The maximum absolute atomic E-state index is 10.9. The molecule has 1 aromatic heterocycles. The Balaban J connectivity index is 2.32. The molecule has 0 aliphatic rings. The predicted molar refractivity (Wildman–Crippen MR) is 66.0 cm³/mol. The molecule has 0 amide bonds. The Morgan fingerprint density at radius 1 is 1.44 bits per heavy atom. The summed E-state index contributed by atoms with van der Waals surface area (Å²) in [6.45, 7) is 2.23. The number of methoxy groups -OCH3 is 1. The Bertz CT molecular complexity index is 575. The second kappa shape index (κ2) is 4.91. The molecule has 18 heavy (non-hydrogen) atoms. The Morgan fingerprint density at radius 2 is 2.17 bits per heavy atom. The van der Waals surface area contributed by atoms with Gasteiger partial charge in [0.15, 0.2) is 0 Å². The molecule has 0 unspecified atom stereocenters. The number of hydrogen-bond donors (Lipinski definition) is 1. The van der Waals surface area contributed by atoms with Crippen molar-refractivity contribution in [2.24, 2.45) is 0 Å². The number of carboxylic acid groups (broad SMARTS) is 1. The maximum atomic E-state index is 10.9. The van der Waals surface area contributed by atoms with Gasteiger partial charge in [0.1, 0.15) is 11.3 Å². The summed E-state index contributed by atoms with van der Waals surface area (Å²) in [6.07, 6.45) is 1.37. The smallest absolute Gasteiger partial charge is 0.339 e. The van der Waals surface area contributed by atoms with Crippen molar-refractivity contribution in [1.82, 2.24) is 9.78 Å². The molecule has 2 rings (SSSR count). The van der Waals surface area contributed by atoms with Crippen LogP contribution < -0.4 is 4.74 Å². The molecule has 1 aromatic carbocycles. The third-order valence-electron chi connectivity index (χ3n) is 2.85. The van der Waals surface area contributed by atoms with Crippen molar-refractivity contribution in [3.05, 3.63) is 47.3 Å². The fraction of sp³-hybridized carbons (Fsp3) is 0.231. The van der Waals surface area contributed by atoms with E-state index in [4.69, 9.17) is 9.84 Å². The number of carbonyl (C=O) groups is 1. The van der Waals surface area contributed by atoms with Gasteiger partial charge in [0.2, 0.25) is 0 Å². The molecule has 2 aromatic rings. The predicted octanol–water partition coefficient (Wildman–Crippen LogP) is 1.95. The second-order valence-corrected chi connectivity index (χ2v) is 3.92. The van der Waals surface area contributed by atoms with Gasteiger partial charge < -0.3 is 9.84 Å². The highest BCUT2D eigenvalue weighted by atomic mass is 16.5. The number of benzene rings is 1. The molecule has 1 N–H and O–H groups in total. The molecule has 0 saturated carbocycles. The average molecular weight is 246 g/mol. The Labute approximate surface area is 105 Å². The van der Waals surface area contributed by atoms with Crippen LogP contribution in [0.4, 0.5) is 0 Å². The lowest BCUT2D eigenvalue weighted by Crippen LogP contribution is -2.06. The quantitative estimate of drug-likeness (QED) is 0.895. The van der Waals surface area contributed by atoms with Crippen LogP contribution in [0.2, 0.25) is 0 Å². The van der Waals surface area contributed by atoms with Crippen LogP contribution in [0.3, 0.4) is 0 Å². The van der Waals surface area contributed by atoms with Crippen LogP contribution in [0.15, 0.2) is 30.5 Å². The Kier molecular flexibility index (Phi) is 3.32. The van der Waals surface area contributed by atoms with Gasteiger partial charge >= 0.3 is 5.97 Å². The fourth-order valence-corrected chi connectivity index (χ4v) is 1.81. The van der Waals surface area contributed by atoms with Crippen LogP contribution in [0.25, 0.3) is 0 Å². The molecular weight excluding hydrogens is 232 g/mol. The zero-order chi connectivity index (χ0) is 13.1. The SMILES string of the molecule is COc1ccccc1Cn1ncc(C(=O)O)c1C. The molecule has 0 spiro atoms. The lowest BCUT2D eigenvalue weighted by molar-refractivity contribution is 0.0696. The molecule has 1 heterocycles. The van der Waals surface area contributed by atoms with Gasteiger partial charge in [-0.2, -0.15) is 5.10 Å². The van der Waals surface area contributed by atoms with Crippen LogP contribution in [-0.2, 0) is 6.54 Å². The third kappa shape index (κ3) is 2.20. The molecule has 0 aliphatic carbocycles. The topological polar surface area (TPSA) is 64.4 Å². The van der Waals surface area contributed by atoms with E-state index >= 15 is 0 Å². The third-order valence-corrected chi connectivity index (χ3v) is 2.85. The monoisotopic (exact) mass is 246 g/mol. The van der Waals surface area contributed by atoms with Gasteiger partial charge in [-0.25, -0.2) is 4.79 Å². The van der Waals surface area contributed by atoms with Crippen molar-refractivity contribution < 1.29 is 14.6 Å². The molecule has 5 nitrogen and oxygen atoms in total. The standard InChI is InChI=1S/C13H14N2O3/c1-9-11(13(16)17)7-14-15(9)8-10-5-3-4-6-12(10)18-2/h3-7H,8H2,1-2H3,(H,16,17). The fourth-order valence-electron chi connectivity index (χ4n) is 1.81. The number of nitrogens with zero attached hydrogens (tertiary/aromatic N) is 2. The van der Waals surface area contributed by atoms with Gasteiger partial charge in [-0.05, 0) is 13.0 Å². The van der Waals surface area contributed by atoms with Crippen LogP contribution >= 0.6 is 0 Å². The highest BCUT2D eigenvalue weighted by molar-refractivity contribution is 5.88. The van der Waals surface area contributed by atoms with Crippen molar-refractivity contribution >= 4 is 5.97 Å². The van der Waals surface area contributed by atoms with E-state index in [1.54, 1.807) is 18.7 Å². The van der Waals surface area contributed by atoms with Gasteiger partial charge in [0.05, 0.1) is 25.5 Å². The van der Waals surface area contributed by atoms with E-state index in [0.717, 1.165) is 11.3 Å². The van der Waals surface area contributed by atoms with Gasteiger partial charge in [0, 0.05) is 5.56 Å². The average Bonchev–Trinajstić information content (AvgIpc) is 2.72. The first-order valence-corrected chi connectivity index (χ1v) is 5.51. The number of aromatic nitrogens is 2. The summed E-state index contributed by atoms with van der Waals surface area (Å²) in [5.74, 6) is -0.192. The zero-order valence-corrected chi connectivity index (χ0v) is 10.3. The number of hydrogen-bond acceptors (Lipinski definition) is 3. The van der Waals surface area contributed by atoms with Crippen LogP contribution in [0.1, 0.15) is 21.6 Å². The minimum atomic E-state index is -0.959. The van der Waals surface area contributed by atoms with E-state index in [2.05, 4.69) is 5.10 Å². The van der Waals surface area contributed by atoms with Gasteiger partial charge in [0.25, 0.3) is 0 Å². The Morgan fingerprint density at radius 3 is 2.78 bits per heavy atom. The van der Waals surface area contributed by atoms with Gasteiger partial charge in [-0.15, -0.1) is 0 Å². The summed E-state index contributed by atoms with van der Waals surface area (Å²) in [5, 5.41) is 13.1. The molecule has 0 bridgehead atoms. The molecule has 0 fully saturated rings. The van der Waals surface area contributed by atoms with E-state index in [1.807, 2.05) is 24.3 Å². The number of carboxylic acids is 1. The Hall–Kier alpha value is -2.30. The minimum absolute atomic E-state index is 0.227. The van der Waals surface area contributed by atoms with E-state index in [1.165, 1.54) is 6.20 Å². The lowest BCUT2D eigenvalue weighted by atomic mass is 10.2. The highest BCUT2D eigenvalue weighted by Gasteiger charge is 2.13. The van der Waals surface area contributed by atoms with Crippen molar-refractivity contribution in [2.45, 2.75) is 13.5 Å². The second-order valence-electron chi connectivity index (χ2n) is 3.92. The van der Waals surface area contributed by atoms with E-state index in [0.29, 0.717) is 12.2 Å². The highest BCUT2D eigenvalue weighted by Crippen LogP contribution is 2.19. The molecule has 0 saturated heterocycles. The summed E-state index contributed by atoms with van der Waals surface area (Å²) in [5.41, 5.74) is 1.82. The van der Waals surface area contributed by atoms with E-state index in [-0.39, 0.29) is 5.56 Å². The number of ether oxygens (including phenoxy) is 1. The normalized spacial score (nSPS) is 10.3. The molecule has 0 aliphatic heterocycles. The first-order valence-electron chi connectivity index (χ1n) is 5.51. The molecule has 94 valence electrons. The van der Waals surface area contributed by atoms with Crippen molar-refractivity contribution in [3.63, 3.8) is 0 Å². The molecule has 0 atom stereocenters. The zero-order valence-electron chi connectivity index (χ0n) is 10.3. The summed E-state index contributed by atoms with van der Waals surface area (Å²) in [7, 11) is 1.61. The van der Waals surface area contributed by atoms with Crippen molar-refractivity contribution in [1.29, 1.82) is 0 Å². The van der Waals surface area contributed by atoms with Crippen LogP contribution in [0.5, 0.6) is 5.75 Å². The molecule has 0 radical (unpaired) electrons. The number of rotatable bonds is 4. The first-order chi connectivity index (χ1) is 8.63. The summed E-state index contributed by atoms with van der Waals surface area (Å²) in [6, 6.07) is 7.60. The maximum Gasteiger partial charge on any atom is 0.339 e.